The number of hydrogen-bond donors (Lipinski definition) is 2. The molecule has 1 aliphatic rings. The van der Waals surface area contributed by atoms with Crippen molar-refractivity contribution in [3.05, 3.63) is 54.5 Å². The summed E-state index contributed by atoms with van der Waals surface area (Å²) >= 11 is 0. The van der Waals surface area contributed by atoms with E-state index in [2.05, 4.69) is 62.7 Å². The van der Waals surface area contributed by atoms with Crippen LogP contribution < -0.4 is 5.32 Å². The predicted molar refractivity (Wildman–Crippen MR) is 96.8 cm³/mol. The van der Waals surface area contributed by atoms with Gasteiger partial charge in [-0.15, -0.1) is 0 Å². The fraction of sp³-hybridized carbons (Fsp3) is 0.368. The molecule has 0 bridgehead atoms. The van der Waals surface area contributed by atoms with Crippen molar-refractivity contribution in [2.75, 3.05) is 18.4 Å². The third-order valence-electron chi connectivity index (χ3n) is 4.89. The van der Waals surface area contributed by atoms with Crippen molar-refractivity contribution in [1.29, 1.82) is 0 Å². The van der Waals surface area contributed by atoms with E-state index >= 15 is 0 Å². The lowest BCUT2D eigenvalue weighted by Gasteiger charge is -2.37. The van der Waals surface area contributed by atoms with E-state index < -0.39 is 0 Å². The zero-order valence-electron chi connectivity index (χ0n) is 13.9. The Morgan fingerprint density at radius 1 is 1.29 bits per heavy atom. The number of nitrogens with zero attached hydrogens (tertiary/aromatic N) is 3. The molecule has 3 heterocycles. The van der Waals surface area contributed by atoms with Crippen LogP contribution in [0.2, 0.25) is 0 Å². The van der Waals surface area contributed by atoms with Crippen LogP contribution in [-0.2, 0) is 6.54 Å². The van der Waals surface area contributed by atoms with E-state index in [1.165, 1.54) is 5.69 Å². The minimum atomic E-state index is 0.509. The number of aromatic amines is 1. The molecule has 5 heteroatoms. The topological polar surface area (TPSA) is 56.8 Å². The number of benzene rings is 1. The maximum absolute atomic E-state index is 4.44. The van der Waals surface area contributed by atoms with Crippen molar-refractivity contribution in [1.82, 2.24) is 20.1 Å². The van der Waals surface area contributed by atoms with Crippen molar-refractivity contribution < 1.29 is 0 Å². The van der Waals surface area contributed by atoms with Crippen molar-refractivity contribution in [2.24, 2.45) is 5.92 Å². The first kappa shape index (κ1) is 15.1. The number of hydrogen-bond acceptors (Lipinski definition) is 4. The van der Waals surface area contributed by atoms with Crippen LogP contribution in [0.1, 0.15) is 19.0 Å². The zero-order chi connectivity index (χ0) is 16.4. The molecule has 0 unspecified atom stereocenters. The highest BCUT2D eigenvalue weighted by Crippen LogP contribution is 2.24. The molecule has 3 aromatic rings. The second-order valence-corrected chi connectivity index (χ2v) is 6.75. The number of fused-ring (bicyclic) bond motifs is 1. The molecule has 1 saturated heterocycles. The molecule has 0 spiro atoms. The van der Waals surface area contributed by atoms with Gasteiger partial charge in [0.15, 0.2) is 0 Å². The minimum absolute atomic E-state index is 0.509. The van der Waals surface area contributed by atoms with Crippen LogP contribution in [0.4, 0.5) is 5.69 Å². The lowest BCUT2D eigenvalue weighted by atomic mass is 9.93. The Hall–Kier alpha value is -2.40. The fourth-order valence-electron chi connectivity index (χ4n) is 3.56. The van der Waals surface area contributed by atoms with E-state index in [0.717, 1.165) is 42.7 Å². The molecular weight excluding hydrogens is 298 g/mol. The Balaban J connectivity index is 1.37. The number of H-pyrrole nitrogens is 1. The van der Waals surface area contributed by atoms with E-state index in [-0.39, 0.29) is 0 Å². The van der Waals surface area contributed by atoms with Gasteiger partial charge in [-0.2, -0.15) is 5.10 Å². The molecule has 2 atom stereocenters. The summed E-state index contributed by atoms with van der Waals surface area (Å²) in [6, 6.07) is 13.0. The molecule has 1 aliphatic heterocycles. The molecule has 2 N–H and O–H groups in total. The van der Waals surface area contributed by atoms with Crippen LogP contribution in [0.3, 0.4) is 0 Å². The van der Waals surface area contributed by atoms with E-state index in [0.29, 0.717) is 12.0 Å². The highest BCUT2D eigenvalue weighted by molar-refractivity contribution is 5.81. The van der Waals surface area contributed by atoms with E-state index in [9.17, 15) is 0 Å². The summed E-state index contributed by atoms with van der Waals surface area (Å²) in [5.74, 6) is 0.600. The van der Waals surface area contributed by atoms with Gasteiger partial charge in [-0.05, 0) is 42.7 Å². The third-order valence-corrected chi connectivity index (χ3v) is 4.89. The molecule has 0 saturated carbocycles. The molecule has 0 aliphatic carbocycles. The predicted octanol–water partition coefficient (Wildman–Crippen LogP) is 3.28. The van der Waals surface area contributed by atoms with Gasteiger partial charge in [0.2, 0.25) is 0 Å². The largest absolute Gasteiger partial charge is 0.382 e. The third kappa shape index (κ3) is 3.26. The number of anilines is 1. The maximum atomic E-state index is 4.44. The van der Waals surface area contributed by atoms with Crippen molar-refractivity contribution in [3.63, 3.8) is 0 Å². The first-order chi connectivity index (χ1) is 11.8. The highest BCUT2D eigenvalue weighted by atomic mass is 15.2. The van der Waals surface area contributed by atoms with Gasteiger partial charge >= 0.3 is 0 Å². The fourth-order valence-corrected chi connectivity index (χ4v) is 3.56. The van der Waals surface area contributed by atoms with Crippen LogP contribution in [0.25, 0.3) is 10.9 Å². The molecule has 0 amide bonds. The van der Waals surface area contributed by atoms with Gasteiger partial charge in [0.05, 0.1) is 17.4 Å². The molecule has 124 valence electrons. The van der Waals surface area contributed by atoms with Crippen LogP contribution in [0, 0.1) is 5.92 Å². The van der Waals surface area contributed by atoms with Crippen LogP contribution in [0.5, 0.6) is 0 Å². The second kappa shape index (κ2) is 6.61. The van der Waals surface area contributed by atoms with Crippen LogP contribution in [-0.4, -0.2) is 39.2 Å². The summed E-state index contributed by atoms with van der Waals surface area (Å²) in [4.78, 5) is 6.95. The van der Waals surface area contributed by atoms with Gasteiger partial charge < -0.3 is 5.32 Å². The Labute approximate surface area is 142 Å². The normalized spacial score (nSPS) is 21.9. The molecule has 5 nitrogen and oxygen atoms in total. The van der Waals surface area contributed by atoms with Gasteiger partial charge in [-0.3, -0.25) is 15.0 Å². The summed E-state index contributed by atoms with van der Waals surface area (Å²) in [5.41, 5.74) is 3.42. The first-order valence-electron chi connectivity index (χ1n) is 8.60. The van der Waals surface area contributed by atoms with Gasteiger partial charge in [0.1, 0.15) is 0 Å². The average molecular weight is 321 g/mol. The van der Waals surface area contributed by atoms with Crippen molar-refractivity contribution in [2.45, 2.75) is 25.9 Å². The standard InChI is InChI=1S/C19H23N5/c1-14-12-24(13-17-4-2-3-8-20-17)9-7-18(14)22-16-5-6-19-15(10-16)11-21-23-19/h2-6,8,10-11,14,18,22H,7,9,12-13H2,1H3,(H,21,23)/t14-,18-/m0/s1. The molecule has 0 radical (unpaired) electrons. The van der Waals surface area contributed by atoms with Crippen molar-refractivity contribution >= 4 is 16.6 Å². The molecule has 4 rings (SSSR count). The Morgan fingerprint density at radius 2 is 2.25 bits per heavy atom. The monoisotopic (exact) mass is 321 g/mol. The SMILES string of the molecule is C[C@H]1CN(Cc2ccccn2)CC[C@@H]1Nc1ccc2[nH]ncc2c1. The zero-order valence-corrected chi connectivity index (χ0v) is 13.9. The molecule has 2 aromatic heterocycles. The quantitative estimate of drug-likeness (QED) is 0.774. The smallest absolute Gasteiger partial charge is 0.0651 e. The number of likely N-dealkylation sites (tertiary alicyclic amines) is 1. The second-order valence-electron chi connectivity index (χ2n) is 6.75. The lowest BCUT2D eigenvalue weighted by Crippen LogP contribution is -2.44. The lowest BCUT2D eigenvalue weighted by molar-refractivity contribution is 0.163. The molecule has 24 heavy (non-hydrogen) atoms. The van der Waals surface area contributed by atoms with Gasteiger partial charge in [-0.1, -0.05) is 13.0 Å². The maximum Gasteiger partial charge on any atom is 0.0651 e. The molecule has 1 aromatic carbocycles. The Morgan fingerprint density at radius 3 is 3.08 bits per heavy atom. The number of rotatable bonds is 4. The van der Waals surface area contributed by atoms with Crippen molar-refractivity contribution in [3.8, 4) is 0 Å². The van der Waals surface area contributed by atoms with Gasteiger partial charge in [0.25, 0.3) is 0 Å². The Kier molecular flexibility index (Phi) is 4.17. The van der Waals surface area contributed by atoms with Crippen LogP contribution in [0.15, 0.2) is 48.8 Å². The summed E-state index contributed by atoms with van der Waals surface area (Å²) in [6.07, 6.45) is 4.90. The summed E-state index contributed by atoms with van der Waals surface area (Å²) in [6.45, 7) is 5.48. The average Bonchev–Trinajstić information content (AvgIpc) is 3.06. The minimum Gasteiger partial charge on any atom is -0.382 e. The highest BCUT2D eigenvalue weighted by Gasteiger charge is 2.26. The number of pyridine rings is 1. The number of piperidine rings is 1. The molecular formula is C19H23N5. The van der Waals surface area contributed by atoms with Gasteiger partial charge in [-0.25, -0.2) is 0 Å². The van der Waals surface area contributed by atoms with E-state index in [1.54, 1.807) is 0 Å². The molecule has 1 fully saturated rings. The van der Waals surface area contributed by atoms with Crippen LogP contribution >= 0.6 is 0 Å². The number of aromatic nitrogens is 3. The first-order valence-corrected chi connectivity index (χ1v) is 8.60. The summed E-state index contributed by atoms with van der Waals surface area (Å²) in [7, 11) is 0. The van der Waals surface area contributed by atoms with E-state index in [4.69, 9.17) is 0 Å². The van der Waals surface area contributed by atoms with E-state index in [1.807, 2.05) is 18.5 Å². The van der Waals surface area contributed by atoms with Gasteiger partial charge in [0, 0.05) is 42.9 Å². The number of nitrogens with one attached hydrogen (secondary N) is 2. The summed E-state index contributed by atoms with van der Waals surface area (Å²) in [5, 5.41) is 12.0. The Bertz CT molecular complexity index is 798. The summed E-state index contributed by atoms with van der Waals surface area (Å²) < 4.78 is 0.